The highest BCUT2D eigenvalue weighted by Crippen LogP contribution is 2.23. The van der Waals surface area contributed by atoms with Gasteiger partial charge in [-0.3, -0.25) is 4.79 Å². The third-order valence-corrected chi connectivity index (χ3v) is 2.82. The van der Waals surface area contributed by atoms with Crippen molar-refractivity contribution in [3.05, 3.63) is 23.8 Å². The van der Waals surface area contributed by atoms with Crippen LogP contribution in [-0.4, -0.2) is 32.8 Å². The van der Waals surface area contributed by atoms with E-state index in [2.05, 4.69) is 19.2 Å². The fourth-order valence-electron chi connectivity index (χ4n) is 1.59. The minimum absolute atomic E-state index is 0.164. The summed E-state index contributed by atoms with van der Waals surface area (Å²) in [5.74, 6) is 1.05. The van der Waals surface area contributed by atoms with E-state index >= 15 is 0 Å². The molecule has 0 spiro atoms. The molecule has 1 aromatic carbocycles. The first kappa shape index (κ1) is 16.3. The molecule has 20 heavy (non-hydrogen) atoms. The number of methoxy groups -OCH3 is 1. The van der Waals surface area contributed by atoms with Crippen LogP contribution in [0.5, 0.6) is 5.75 Å². The van der Waals surface area contributed by atoms with Crippen LogP contribution in [-0.2, 0) is 4.74 Å². The van der Waals surface area contributed by atoms with Crippen molar-refractivity contribution in [1.29, 1.82) is 0 Å². The molecule has 0 aromatic heterocycles. The van der Waals surface area contributed by atoms with Crippen molar-refractivity contribution < 1.29 is 14.3 Å². The van der Waals surface area contributed by atoms with Crippen LogP contribution in [0, 0.1) is 5.92 Å². The second-order valence-corrected chi connectivity index (χ2v) is 5.03. The number of hydrogen-bond donors (Lipinski definition) is 2. The minimum Gasteiger partial charge on any atom is -0.491 e. The van der Waals surface area contributed by atoms with Gasteiger partial charge in [0.25, 0.3) is 5.91 Å². The van der Waals surface area contributed by atoms with E-state index in [0.717, 1.165) is 6.42 Å². The molecule has 0 heterocycles. The highest BCUT2D eigenvalue weighted by atomic mass is 16.5. The molecule has 0 aliphatic rings. The molecule has 0 fully saturated rings. The van der Waals surface area contributed by atoms with Gasteiger partial charge in [-0.15, -0.1) is 0 Å². The molecule has 0 unspecified atom stereocenters. The lowest BCUT2D eigenvalue weighted by Gasteiger charge is -2.11. The lowest BCUT2D eigenvalue weighted by Crippen LogP contribution is -2.27. The normalized spacial score (nSPS) is 10.6. The quantitative estimate of drug-likeness (QED) is 0.565. The third-order valence-electron chi connectivity index (χ3n) is 2.82. The summed E-state index contributed by atoms with van der Waals surface area (Å²) in [7, 11) is 1.59. The van der Waals surface area contributed by atoms with E-state index in [4.69, 9.17) is 15.2 Å². The van der Waals surface area contributed by atoms with Gasteiger partial charge >= 0.3 is 0 Å². The van der Waals surface area contributed by atoms with Gasteiger partial charge in [-0.1, -0.05) is 13.8 Å². The van der Waals surface area contributed by atoms with Crippen LogP contribution >= 0.6 is 0 Å². The van der Waals surface area contributed by atoms with Crippen LogP contribution in [0.3, 0.4) is 0 Å². The summed E-state index contributed by atoms with van der Waals surface area (Å²) >= 11 is 0. The van der Waals surface area contributed by atoms with Crippen LogP contribution in [0.25, 0.3) is 0 Å². The van der Waals surface area contributed by atoms with Gasteiger partial charge in [0, 0.05) is 19.2 Å². The van der Waals surface area contributed by atoms with E-state index in [1.807, 2.05) is 0 Å². The van der Waals surface area contributed by atoms with Crippen LogP contribution in [0.4, 0.5) is 5.69 Å². The summed E-state index contributed by atoms with van der Waals surface area (Å²) in [5, 5.41) is 2.74. The molecule has 1 rings (SSSR count). The van der Waals surface area contributed by atoms with Gasteiger partial charge in [-0.05, 0) is 30.5 Å². The van der Waals surface area contributed by atoms with E-state index in [1.54, 1.807) is 25.3 Å². The summed E-state index contributed by atoms with van der Waals surface area (Å²) in [4.78, 5) is 11.8. The van der Waals surface area contributed by atoms with E-state index in [-0.39, 0.29) is 5.91 Å². The molecular weight excluding hydrogens is 256 g/mol. The van der Waals surface area contributed by atoms with Crippen molar-refractivity contribution in [2.24, 2.45) is 5.92 Å². The van der Waals surface area contributed by atoms with E-state index in [1.165, 1.54) is 0 Å². The Hall–Kier alpha value is -1.75. The molecule has 0 saturated carbocycles. The summed E-state index contributed by atoms with van der Waals surface area (Å²) in [5.41, 5.74) is 6.90. The molecule has 1 amide bonds. The summed E-state index contributed by atoms with van der Waals surface area (Å²) in [6.45, 7) is 5.86. The maximum absolute atomic E-state index is 11.8. The number of nitrogens with two attached hydrogens (primary N) is 1. The van der Waals surface area contributed by atoms with E-state index in [9.17, 15) is 4.79 Å². The molecule has 0 atom stereocenters. The number of rotatable bonds is 8. The Bertz CT molecular complexity index is 433. The zero-order valence-corrected chi connectivity index (χ0v) is 12.4. The Morgan fingerprint density at radius 3 is 2.70 bits per heavy atom. The molecule has 3 N–H and O–H groups in total. The Balaban J connectivity index is 2.56. The summed E-state index contributed by atoms with van der Waals surface area (Å²) in [6.07, 6.45) is 0.971. The predicted molar refractivity (Wildman–Crippen MR) is 80.0 cm³/mol. The van der Waals surface area contributed by atoms with Crippen LogP contribution in [0.2, 0.25) is 0 Å². The standard InChI is InChI=1S/C15H24N2O3/c1-11(2)6-8-20-14-5-4-12(10-13(14)16)15(18)17-7-9-19-3/h4-5,10-11H,6-9,16H2,1-3H3,(H,17,18). The number of carbonyl (C=O) groups is 1. The molecular formula is C15H24N2O3. The van der Waals surface area contributed by atoms with Gasteiger partial charge in [0.2, 0.25) is 0 Å². The first-order valence-electron chi connectivity index (χ1n) is 6.84. The van der Waals surface area contributed by atoms with Crippen molar-refractivity contribution in [3.8, 4) is 5.75 Å². The second kappa shape index (κ2) is 8.43. The van der Waals surface area contributed by atoms with Crippen molar-refractivity contribution >= 4 is 11.6 Å². The Morgan fingerprint density at radius 2 is 2.10 bits per heavy atom. The molecule has 5 heteroatoms. The molecule has 0 radical (unpaired) electrons. The summed E-state index contributed by atoms with van der Waals surface area (Å²) in [6, 6.07) is 5.08. The number of amides is 1. The number of nitrogen functional groups attached to an aromatic ring is 1. The van der Waals surface area contributed by atoms with Crippen molar-refractivity contribution in [1.82, 2.24) is 5.32 Å². The Kier molecular flexibility index (Phi) is 6.87. The Labute approximate surface area is 120 Å². The van der Waals surface area contributed by atoms with Gasteiger partial charge in [0.05, 0.1) is 18.9 Å². The van der Waals surface area contributed by atoms with Gasteiger partial charge in [-0.25, -0.2) is 0 Å². The first-order valence-corrected chi connectivity index (χ1v) is 6.84. The highest BCUT2D eigenvalue weighted by molar-refractivity contribution is 5.95. The highest BCUT2D eigenvalue weighted by Gasteiger charge is 2.08. The lowest BCUT2D eigenvalue weighted by atomic mass is 10.1. The maximum atomic E-state index is 11.8. The van der Waals surface area contributed by atoms with Gasteiger partial charge < -0.3 is 20.5 Å². The third kappa shape index (κ3) is 5.48. The molecule has 112 valence electrons. The topological polar surface area (TPSA) is 73.6 Å². The van der Waals surface area contributed by atoms with Gasteiger partial charge in [-0.2, -0.15) is 0 Å². The molecule has 0 saturated heterocycles. The predicted octanol–water partition coefficient (Wildman–Crippen LogP) is 2.07. The molecule has 5 nitrogen and oxygen atoms in total. The van der Waals surface area contributed by atoms with Crippen LogP contribution in [0.1, 0.15) is 30.6 Å². The average molecular weight is 280 g/mol. The fraction of sp³-hybridized carbons (Fsp3) is 0.533. The van der Waals surface area contributed by atoms with Gasteiger partial charge in [0.15, 0.2) is 0 Å². The van der Waals surface area contributed by atoms with Crippen molar-refractivity contribution in [2.45, 2.75) is 20.3 Å². The number of ether oxygens (including phenoxy) is 2. The van der Waals surface area contributed by atoms with Crippen molar-refractivity contribution in [3.63, 3.8) is 0 Å². The maximum Gasteiger partial charge on any atom is 0.251 e. The summed E-state index contributed by atoms with van der Waals surface area (Å²) < 4.78 is 10.5. The number of benzene rings is 1. The zero-order chi connectivity index (χ0) is 15.0. The number of nitrogens with one attached hydrogen (secondary N) is 1. The minimum atomic E-state index is -0.164. The van der Waals surface area contributed by atoms with Crippen molar-refractivity contribution in [2.75, 3.05) is 32.6 Å². The molecule has 0 bridgehead atoms. The van der Waals surface area contributed by atoms with Crippen LogP contribution in [0.15, 0.2) is 18.2 Å². The monoisotopic (exact) mass is 280 g/mol. The molecule has 0 aliphatic heterocycles. The lowest BCUT2D eigenvalue weighted by molar-refractivity contribution is 0.0937. The molecule has 0 aliphatic carbocycles. The smallest absolute Gasteiger partial charge is 0.251 e. The van der Waals surface area contributed by atoms with E-state index < -0.39 is 0 Å². The molecule has 1 aromatic rings. The van der Waals surface area contributed by atoms with E-state index in [0.29, 0.717) is 42.7 Å². The Morgan fingerprint density at radius 1 is 1.35 bits per heavy atom. The zero-order valence-electron chi connectivity index (χ0n) is 12.4. The average Bonchev–Trinajstić information content (AvgIpc) is 2.40. The number of hydrogen-bond acceptors (Lipinski definition) is 4. The SMILES string of the molecule is COCCNC(=O)c1ccc(OCCC(C)C)c(N)c1. The van der Waals surface area contributed by atoms with Crippen LogP contribution < -0.4 is 15.8 Å². The second-order valence-electron chi connectivity index (χ2n) is 5.03. The van der Waals surface area contributed by atoms with Gasteiger partial charge in [0.1, 0.15) is 5.75 Å². The fourth-order valence-corrected chi connectivity index (χ4v) is 1.59. The number of carbonyl (C=O) groups excluding carboxylic acids is 1. The largest absolute Gasteiger partial charge is 0.491 e. The number of anilines is 1. The first-order chi connectivity index (χ1) is 9.54.